The summed E-state index contributed by atoms with van der Waals surface area (Å²) in [6.45, 7) is 0. The van der Waals surface area contributed by atoms with Gasteiger partial charge in [-0.1, -0.05) is 60.7 Å². The van der Waals surface area contributed by atoms with Crippen molar-refractivity contribution in [3.63, 3.8) is 0 Å². The van der Waals surface area contributed by atoms with E-state index >= 15 is 0 Å². The van der Waals surface area contributed by atoms with Gasteiger partial charge in [-0.3, -0.25) is 0 Å². The van der Waals surface area contributed by atoms with Crippen LogP contribution in [-0.2, 0) is 5.79 Å². The van der Waals surface area contributed by atoms with Crippen LogP contribution in [0.5, 0.6) is 11.5 Å². The molecule has 0 bridgehead atoms. The molecule has 0 amide bonds. The zero-order valence-corrected chi connectivity index (χ0v) is 11.9. The largest absolute Gasteiger partial charge is 0.440 e. The minimum atomic E-state index is -0.974. The molecule has 0 spiro atoms. The molecule has 108 valence electrons. The van der Waals surface area contributed by atoms with Crippen molar-refractivity contribution in [3.8, 4) is 11.5 Å². The Morgan fingerprint density at radius 3 is 1.77 bits per heavy atom. The molecular formula is C19H15NO2. The number of nitrogens with two attached hydrogens (primary N) is 1. The summed E-state index contributed by atoms with van der Waals surface area (Å²) in [6, 6.07) is 25.3. The van der Waals surface area contributed by atoms with Crippen molar-refractivity contribution in [1.29, 1.82) is 0 Å². The molecule has 0 saturated carbocycles. The fourth-order valence-corrected chi connectivity index (χ4v) is 2.74. The maximum Gasteiger partial charge on any atom is 0.305 e. The first-order valence-electron chi connectivity index (χ1n) is 7.16. The predicted octanol–water partition coefficient (Wildman–Crippen LogP) is 3.94. The Kier molecular flexibility index (Phi) is 2.79. The highest BCUT2D eigenvalue weighted by Gasteiger charge is 2.45. The molecule has 1 aliphatic rings. The van der Waals surface area contributed by atoms with Crippen LogP contribution in [-0.4, -0.2) is 0 Å². The second kappa shape index (κ2) is 4.81. The minimum absolute atomic E-state index is 0.652. The van der Waals surface area contributed by atoms with Gasteiger partial charge in [-0.2, -0.15) is 0 Å². The molecule has 0 aliphatic carbocycles. The van der Waals surface area contributed by atoms with Crippen molar-refractivity contribution in [2.45, 2.75) is 5.79 Å². The van der Waals surface area contributed by atoms with E-state index in [0.717, 1.165) is 11.1 Å². The molecule has 22 heavy (non-hydrogen) atoms. The SMILES string of the molecule is Nc1ccc2c(c1)OC(c1ccccc1)(c1ccccc1)O2. The van der Waals surface area contributed by atoms with Crippen molar-refractivity contribution in [3.05, 3.63) is 90.0 Å². The van der Waals surface area contributed by atoms with Crippen LogP contribution in [0.25, 0.3) is 0 Å². The van der Waals surface area contributed by atoms with Crippen LogP contribution in [0.2, 0.25) is 0 Å². The Hall–Kier alpha value is -2.94. The predicted molar refractivity (Wildman–Crippen MR) is 85.8 cm³/mol. The van der Waals surface area contributed by atoms with Gasteiger partial charge in [0.05, 0.1) is 0 Å². The zero-order valence-electron chi connectivity index (χ0n) is 11.9. The molecule has 0 unspecified atom stereocenters. The van der Waals surface area contributed by atoms with Crippen molar-refractivity contribution in [2.75, 3.05) is 5.73 Å². The normalized spacial score (nSPS) is 14.7. The van der Waals surface area contributed by atoms with Crippen molar-refractivity contribution in [1.82, 2.24) is 0 Å². The molecule has 1 heterocycles. The summed E-state index contributed by atoms with van der Waals surface area (Å²) in [4.78, 5) is 0. The van der Waals surface area contributed by atoms with Gasteiger partial charge < -0.3 is 15.2 Å². The van der Waals surface area contributed by atoms with E-state index < -0.39 is 5.79 Å². The number of ether oxygens (including phenoxy) is 2. The summed E-state index contributed by atoms with van der Waals surface area (Å²) in [7, 11) is 0. The van der Waals surface area contributed by atoms with E-state index in [2.05, 4.69) is 0 Å². The summed E-state index contributed by atoms with van der Waals surface area (Å²) in [6.07, 6.45) is 0. The Bertz CT molecular complexity index is 761. The van der Waals surface area contributed by atoms with Crippen molar-refractivity contribution < 1.29 is 9.47 Å². The first-order valence-corrected chi connectivity index (χ1v) is 7.16. The van der Waals surface area contributed by atoms with Crippen LogP contribution in [0.4, 0.5) is 5.69 Å². The Balaban J connectivity index is 1.90. The van der Waals surface area contributed by atoms with Gasteiger partial charge in [0.25, 0.3) is 0 Å². The van der Waals surface area contributed by atoms with Gasteiger partial charge in [-0.25, -0.2) is 0 Å². The van der Waals surface area contributed by atoms with Gasteiger partial charge in [-0.15, -0.1) is 0 Å². The summed E-state index contributed by atoms with van der Waals surface area (Å²) < 4.78 is 12.5. The van der Waals surface area contributed by atoms with Crippen LogP contribution in [0, 0.1) is 0 Å². The van der Waals surface area contributed by atoms with Gasteiger partial charge >= 0.3 is 5.79 Å². The standard InChI is InChI=1S/C19H15NO2/c20-16-11-12-17-18(13-16)22-19(21-17,14-7-3-1-4-8-14)15-9-5-2-6-10-15/h1-13H,20H2. The average Bonchev–Trinajstić information content (AvgIpc) is 2.96. The number of nitrogen functional groups attached to an aromatic ring is 1. The van der Waals surface area contributed by atoms with Crippen molar-refractivity contribution in [2.24, 2.45) is 0 Å². The molecule has 0 saturated heterocycles. The number of anilines is 1. The van der Waals surface area contributed by atoms with Gasteiger partial charge in [0.1, 0.15) is 0 Å². The van der Waals surface area contributed by atoms with Gasteiger partial charge in [0, 0.05) is 22.9 Å². The summed E-state index contributed by atoms with van der Waals surface area (Å²) in [5, 5.41) is 0. The Labute approximate surface area is 128 Å². The molecule has 0 radical (unpaired) electrons. The Morgan fingerprint density at radius 2 is 1.18 bits per heavy atom. The van der Waals surface area contributed by atoms with Gasteiger partial charge in [0.15, 0.2) is 11.5 Å². The topological polar surface area (TPSA) is 44.5 Å². The summed E-state index contributed by atoms with van der Waals surface area (Å²) in [5.41, 5.74) is 8.39. The monoisotopic (exact) mass is 289 g/mol. The molecule has 0 atom stereocenters. The lowest BCUT2D eigenvalue weighted by atomic mass is 9.97. The van der Waals surface area contributed by atoms with Gasteiger partial charge in [-0.05, 0) is 12.1 Å². The van der Waals surface area contributed by atoms with Crippen LogP contribution in [0.15, 0.2) is 78.9 Å². The van der Waals surface area contributed by atoms with Crippen LogP contribution in [0.3, 0.4) is 0 Å². The molecule has 3 nitrogen and oxygen atoms in total. The maximum atomic E-state index is 6.25. The molecule has 0 aromatic heterocycles. The van der Waals surface area contributed by atoms with E-state index in [1.807, 2.05) is 72.8 Å². The molecule has 0 fully saturated rings. The van der Waals surface area contributed by atoms with Crippen molar-refractivity contribution >= 4 is 5.69 Å². The van der Waals surface area contributed by atoms with E-state index in [0.29, 0.717) is 17.2 Å². The van der Waals surface area contributed by atoms with E-state index in [-0.39, 0.29) is 0 Å². The lowest BCUT2D eigenvalue weighted by Gasteiger charge is -2.28. The van der Waals surface area contributed by atoms with Crippen LogP contribution in [0.1, 0.15) is 11.1 Å². The second-order valence-corrected chi connectivity index (χ2v) is 5.26. The Morgan fingerprint density at radius 1 is 0.636 bits per heavy atom. The fraction of sp³-hybridized carbons (Fsp3) is 0.0526. The number of rotatable bonds is 2. The van der Waals surface area contributed by atoms with E-state index in [1.54, 1.807) is 6.07 Å². The second-order valence-electron chi connectivity index (χ2n) is 5.26. The smallest absolute Gasteiger partial charge is 0.305 e. The van der Waals surface area contributed by atoms with E-state index in [1.165, 1.54) is 0 Å². The van der Waals surface area contributed by atoms with Crippen LogP contribution >= 0.6 is 0 Å². The quantitative estimate of drug-likeness (QED) is 0.727. The highest BCUT2D eigenvalue weighted by molar-refractivity contribution is 5.56. The number of hydrogen-bond acceptors (Lipinski definition) is 3. The third-order valence-corrected chi connectivity index (χ3v) is 3.78. The van der Waals surface area contributed by atoms with Crippen LogP contribution < -0.4 is 15.2 Å². The first-order chi connectivity index (χ1) is 10.8. The fourth-order valence-electron chi connectivity index (χ4n) is 2.74. The third kappa shape index (κ3) is 1.91. The molecular weight excluding hydrogens is 274 g/mol. The lowest BCUT2D eigenvalue weighted by molar-refractivity contribution is -0.0458. The zero-order chi connectivity index (χ0) is 15.0. The lowest BCUT2D eigenvalue weighted by Crippen LogP contribution is -2.36. The summed E-state index contributed by atoms with van der Waals surface area (Å²) in [5.74, 6) is 0.383. The molecule has 2 N–H and O–H groups in total. The summed E-state index contributed by atoms with van der Waals surface area (Å²) >= 11 is 0. The number of benzene rings is 3. The molecule has 1 aliphatic heterocycles. The minimum Gasteiger partial charge on any atom is -0.440 e. The van der Waals surface area contributed by atoms with E-state index in [9.17, 15) is 0 Å². The highest BCUT2D eigenvalue weighted by Crippen LogP contribution is 2.48. The first kappa shape index (κ1) is 12.8. The maximum absolute atomic E-state index is 6.25. The van der Waals surface area contributed by atoms with E-state index in [4.69, 9.17) is 15.2 Å². The highest BCUT2D eigenvalue weighted by atomic mass is 16.7. The number of hydrogen-bond donors (Lipinski definition) is 1. The molecule has 3 heteroatoms. The average molecular weight is 289 g/mol. The molecule has 3 aromatic carbocycles. The molecule has 4 rings (SSSR count). The third-order valence-electron chi connectivity index (χ3n) is 3.78. The number of fused-ring (bicyclic) bond motifs is 1. The van der Waals surface area contributed by atoms with Gasteiger partial charge in [0.2, 0.25) is 0 Å². The molecule has 3 aromatic rings.